The van der Waals surface area contributed by atoms with Crippen LogP contribution in [-0.4, -0.2) is 46.0 Å². The van der Waals surface area contributed by atoms with E-state index in [1.165, 1.54) is 26.4 Å². The van der Waals surface area contributed by atoms with Crippen molar-refractivity contribution in [2.24, 2.45) is 0 Å². The normalized spacial score (nSPS) is 10.5. The molecule has 1 aromatic carbocycles. The lowest BCUT2D eigenvalue weighted by Crippen LogP contribution is -2.00. The molecule has 5 rings (SSSR count). The van der Waals surface area contributed by atoms with Crippen LogP contribution in [0.5, 0.6) is 0 Å². The first-order valence-electron chi connectivity index (χ1n) is 10.7. The number of carboxylic acid groups (broad SMARTS) is 1. The highest BCUT2D eigenvalue weighted by Gasteiger charge is 2.20. The van der Waals surface area contributed by atoms with Crippen LogP contribution in [0.15, 0.2) is 85.3 Å². The van der Waals surface area contributed by atoms with E-state index in [1.54, 1.807) is 47.0 Å². The number of aromatic carboxylic acids is 1. The lowest BCUT2D eigenvalue weighted by molar-refractivity contribution is 0.0594. The number of methoxy groups -OCH3 is 2. The molecule has 8 nitrogen and oxygen atoms in total. The number of nitrogens with zero attached hydrogens (tertiary/aromatic N) is 2. The molecule has 182 valence electrons. The van der Waals surface area contributed by atoms with E-state index < -0.39 is 11.9 Å². The molecular weight excluding hydrogens is 484 g/mol. The van der Waals surface area contributed by atoms with Gasteiger partial charge in [0.05, 0.1) is 47.6 Å². The van der Waals surface area contributed by atoms with Crippen LogP contribution >= 0.6 is 11.6 Å². The van der Waals surface area contributed by atoms with E-state index >= 15 is 0 Å². The first-order valence-corrected chi connectivity index (χ1v) is 11.1. The summed E-state index contributed by atoms with van der Waals surface area (Å²) in [4.78, 5) is 34.7. The van der Waals surface area contributed by atoms with Crippen LogP contribution in [0.2, 0.25) is 5.02 Å². The molecule has 0 spiro atoms. The van der Waals surface area contributed by atoms with Crippen LogP contribution in [0, 0.1) is 0 Å². The van der Waals surface area contributed by atoms with Crippen molar-refractivity contribution < 1.29 is 29.0 Å². The molecule has 0 bridgehead atoms. The zero-order chi connectivity index (χ0) is 25.8. The number of carbonyl (C=O) groups excluding carboxylic acids is 2. The number of hydrogen-bond acceptors (Lipinski definition) is 5. The van der Waals surface area contributed by atoms with E-state index in [-0.39, 0.29) is 11.5 Å². The molecule has 0 atom stereocenters. The van der Waals surface area contributed by atoms with Gasteiger partial charge in [-0.1, -0.05) is 23.7 Å². The van der Waals surface area contributed by atoms with Crippen LogP contribution in [0.1, 0.15) is 31.1 Å². The largest absolute Gasteiger partial charge is 0.478 e. The zero-order valence-electron chi connectivity index (χ0n) is 19.3. The Morgan fingerprint density at radius 1 is 0.750 bits per heavy atom. The second-order valence-electron chi connectivity index (χ2n) is 7.60. The molecule has 5 aromatic rings. The number of aromatic nitrogens is 2. The minimum atomic E-state index is -1.07. The number of pyridine rings is 2. The molecule has 0 fully saturated rings. The number of rotatable bonds is 4. The van der Waals surface area contributed by atoms with Gasteiger partial charge in [-0.3, -0.25) is 0 Å². The fraction of sp³-hybridized carbons (Fsp3) is 0.0741. The van der Waals surface area contributed by atoms with Crippen molar-refractivity contribution in [2.45, 2.75) is 0 Å². The van der Waals surface area contributed by atoms with E-state index in [0.717, 1.165) is 5.52 Å². The van der Waals surface area contributed by atoms with Gasteiger partial charge in [-0.05, 0) is 54.6 Å². The maximum Gasteiger partial charge on any atom is 0.340 e. The zero-order valence-corrected chi connectivity index (χ0v) is 20.1. The number of fused-ring (bicyclic) bond motifs is 2. The first kappa shape index (κ1) is 24.6. The van der Waals surface area contributed by atoms with Crippen molar-refractivity contribution >= 4 is 40.5 Å². The predicted octanol–water partition coefficient (Wildman–Crippen LogP) is 5.47. The molecule has 4 aromatic heterocycles. The van der Waals surface area contributed by atoms with Crippen molar-refractivity contribution in [1.82, 2.24) is 8.80 Å². The maximum absolute atomic E-state index is 12.0. The van der Waals surface area contributed by atoms with Crippen molar-refractivity contribution in [3.63, 3.8) is 0 Å². The Morgan fingerprint density at radius 2 is 1.42 bits per heavy atom. The number of carboxylic acids is 1. The Balaban J connectivity index is 0.000000197. The van der Waals surface area contributed by atoms with Crippen molar-refractivity contribution in [2.75, 3.05) is 14.2 Å². The number of carbonyl (C=O) groups is 3. The van der Waals surface area contributed by atoms with Crippen LogP contribution in [0.3, 0.4) is 0 Å². The van der Waals surface area contributed by atoms with E-state index in [2.05, 4.69) is 4.74 Å². The predicted molar refractivity (Wildman–Crippen MR) is 135 cm³/mol. The van der Waals surface area contributed by atoms with Gasteiger partial charge < -0.3 is 23.4 Å². The molecular formula is C27H21ClN2O6. The molecule has 0 aliphatic carbocycles. The van der Waals surface area contributed by atoms with Crippen molar-refractivity contribution in [3.05, 3.63) is 107 Å². The van der Waals surface area contributed by atoms with Gasteiger partial charge in [0.15, 0.2) is 0 Å². The summed E-state index contributed by atoms with van der Waals surface area (Å²) in [6, 6.07) is 18.9. The van der Waals surface area contributed by atoms with Gasteiger partial charge in [0.2, 0.25) is 0 Å². The average Bonchev–Trinajstić information content (AvgIpc) is 3.50. The van der Waals surface area contributed by atoms with Gasteiger partial charge in [-0.25, -0.2) is 14.4 Å². The minimum Gasteiger partial charge on any atom is -0.478 e. The average molecular weight is 505 g/mol. The molecule has 4 heterocycles. The van der Waals surface area contributed by atoms with Gasteiger partial charge in [0.25, 0.3) is 0 Å². The number of esters is 2. The van der Waals surface area contributed by atoms with E-state index in [1.807, 2.05) is 35.0 Å². The van der Waals surface area contributed by atoms with Crippen LogP contribution < -0.4 is 0 Å². The highest BCUT2D eigenvalue weighted by molar-refractivity contribution is 6.31. The van der Waals surface area contributed by atoms with E-state index in [9.17, 15) is 19.5 Å². The van der Waals surface area contributed by atoms with Gasteiger partial charge in [0.1, 0.15) is 0 Å². The molecule has 0 amide bonds. The monoisotopic (exact) mass is 504 g/mol. The summed E-state index contributed by atoms with van der Waals surface area (Å²) in [5, 5.41) is 9.82. The molecule has 0 aliphatic heterocycles. The molecule has 0 aliphatic rings. The Hall–Kier alpha value is -4.56. The smallest absolute Gasteiger partial charge is 0.340 e. The molecule has 0 unspecified atom stereocenters. The van der Waals surface area contributed by atoms with Gasteiger partial charge in [0, 0.05) is 29.2 Å². The van der Waals surface area contributed by atoms with Crippen molar-refractivity contribution in [1.29, 1.82) is 0 Å². The van der Waals surface area contributed by atoms with Crippen LogP contribution in [-0.2, 0) is 9.47 Å². The summed E-state index contributed by atoms with van der Waals surface area (Å²) in [5.74, 6) is -1.85. The molecule has 0 saturated carbocycles. The Kier molecular flexibility index (Phi) is 7.07. The lowest BCUT2D eigenvalue weighted by Gasteiger charge is -2.07. The molecule has 1 N–H and O–H groups in total. The second kappa shape index (κ2) is 10.4. The highest BCUT2D eigenvalue weighted by atomic mass is 35.5. The maximum atomic E-state index is 12.0. The van der Waals surface area contributed by atoms with E-state index in [4.69, 9.17) is 16.3 Å². The summed E-state index contributed by atoms with van der Waals surface area (Å²) < 4.78 is 13.1. The van der Waals surface area contributed by atoms with Crippen LogP contribution in [0.4, 0.5) is 0 Å². The quantitative estimate of drug-likeness (QED) is 0.326. The summed E-state index contributed by atoms with van der Waals surface area (Å²) in [6.07, 6.45) is 5.48. The highest BCUT2D eigenvalue weighted by Crippen LogP contribution is 2.31. The Labute approximate surface area is 210 Å². The first-order chi connectivity index (χ1) is 17.3. The molecule has 0 radical (unpaired) electrons. The topological polar surface area (TPSA) is 98.7 Å². The van der Waals surface area contributed by atoms with Gasteiger partial charge in [-0.2, -0.15) is 0 Å². The van der Waals surface area contributed by atoms with Crippen LogP contribution in [0.25, 0.3) is 22.3 Å². The number of hydrogen-bond donors (Lipinski definition) is 1. The fourth-order valence-electron chi connectivity index (χ4n) is 3.89. The molecule has 9 heteroatoms. The van der Waals surface area contributed by atoms with Gasteiger partial charge in [-0.15, -0.1) is 0 Å². The SMILES string of the molecule is COC(=O)c1cc(-c2cc(Cl)ccc2C(=O)O)n2ccccc12.COC(=O)c1ccn2ccccc12. The third-order valence-corrected chi connectivity index (χ3v) is 5.78. The number of halogens is 1. The Morgan fingerprint density at radius 3 is 2.11 bits per heavy atom. The third-order valence-electron chi connectivity index (χ3n) is 5.54. The standard InChI is InChI=1S/C17H12ClNO4.C10H9NO2/c1-23-17(22)13-9-15(19-7-3-2-4-14(13)19)12-8-10(18)5-6-11(12)16(20)21;1-13-10(12)8-5-7-11-6-3-2-4-9(8)11/h2-9H,1H3,(H,20,21);2-7H,1H3. The number of ether oxygens (including phenoxy) is 2. The number of benzene rings is 1. The molecule has 0 saturated heterocycles. The second-order valence-corrected chi connectivity index (χ2v) is 8.04. The van der Waals surface area contributed by atoms with Crippen molar-refractivity contribution in [3.8, 4) is 11.3 Å². The third kappa shape index (κ3) is 4.67. The summed E-state index contributed by atoms with van der Waals surface area (Å²) in [6.45, 7) is 0. The minimum absolute atomic E-state index is 0.106. The Bertz CT molecular complexity index is 1600. The summed E-state index contributed by atoms with van der Waals surface area (Å²) >= 11 is 6.03. The fourth-order valence-corrected chi connectivity index (χ4v) is 4.06. The lowest BCUT2D eigenvalue weighted by atomic mass is 10.0. The summed E-state index contributed by atoms with van der Waals surface area (Å²) in [7, 11) is 2.69. The molecule has 36 heavy (non-hydrogen) atoms. The summed E-state index contributed by atoms with van der Waals surface area (Å²) in [5.41, 5.74) is 3.55. The van der Waals surface area contributed by atoms with Gasteiger partial charge >= 0.3 is 17.9 Å². The van der Waals surface area contributed by atoms with E-state index in [0.29, 0.717) is 32.9 Å².